The van der Waals surface area contributed by atoms with Crippen molar-refractivity contribution < 1.29 is 13.2 Å². The van der Waals surface area contributed by atoms with Crippen LogP contribution in [0.15, 0.2) is 54.7 Å². The van der Waals surface area contributed by atoms with Gasteiger partial charge in [-0.2, -0.15) is 18.2 Å². The zero-order valence-electron chi connectivity index (χ0n) is 14.9. The van der Waals surface area contributed by atoms with Gasteiger partial charge in [-0.25, -0.2) is 4.98 Å². The lowest BCUT2D eigenvalue weighted by molar-refractivity contribution is -0.137. The van der Waals surface area contributed by atoms with Crippen LogP contribution in [0.1, 0.15) is 23.6 Å². The molecule has 3 aromatic rings. The molecule has 0 atom stereocenters. The van der Waals surface area contributed by atoms with Crippen LogP contribution in [-0.2, 0) is 12.6 Å². The molecule has 0 radical (unpaired) electrons. The average Bonchev–Trinajstić information content (AvgIpc) is 2.63. The Balaban J connectivity index is 1.90. The molecule has 0 aliphatic carbocycles. The fourth-order valence-electron chi connectivity index (χ4n) is 2.47. The summed E-state index contributed by atoms with van der Waals surface area (Å²) in [6.45, 7) is 3.95. The maximum absolute atomic E-state index is 13.3. The third-order valence-electron chi connectivity index (χ3n) is 4.03. The molecular formula is C20H19F3N4. The number of nitrogens with one attached hydrogen (secondary N) is 2. The Bertz CT molecular complexity index is 904. The molecule has 0 saturated heterocycles. The van der Waals surface area contributed by atoms with Crippen LogP contribution in [0.2, 0.25) is 0 Å². The molecule has 0 spiro atoms. The minimum absolute atomic E-state index is 0.0851. The van der Waals surface area contributed by atoms with E-state index in [0.29, 0.717) is 11.4 Å². The number of rotatable bonds is 5. The highest BCUT2D eigenvalue weighted by atomic mass is 19.4. The van der Waals surface area contributed by atoms with Crippen LogP contribution >= 0.6 is 0 Å². The van der Waals surface area contributed by atoms with Gasteiger partial charge in [0.25, 0.3) is 0 Å². The molecular weight excluding hydrogens is 353 g/mol. The van der Waals surface area contributed by atoms with Crippen molar-refractivity contribution in [1.82, 2.24) is 9.97 Å². The highest BCUT2D eigenvalue weighted by Crippen LogP contribution is 2.35. The summed E-state index contributed by atoms with van der Waals surface area (Å²) in [5.74, 6) is -0.212. The Kier molecular flexibility index (Phi) is 5.30. The van der Waals surface area contributed by atoms with E-state index < -0.39 is 11.7 Å². The van der Waals surface area contributed by atoms with E-state index in [0.717, 1.165) is 23.7 Å². The van der Waals surface area contributed by atoms with Gasteiger partial charge in [0, 0.05) is 17.6 Å². The van der Waals surface area contributed by atoms with E-state index >= 15 is 0 Å². The molecule has 4 nitrogen and oxygen atoms in total. The Morgan fingerprint density at radius 1 is 0.889 bits per heavy atom. The predicted molar refractivity (Wildman–Crippen MR) is 101 cm³/mol. The lowest BCUT2D eigenvalue weighted by atomic mass is 10.1. The Hall–Kier alpha value is -3.09. The van der Waals surface area contributed by atoms with Crippen molar-refractivity contribution in [2.24, 2.45) is 0 Å². The average molecular weight is 372 g/mol. The van der Waals surface area contributed by atoms with Crippen LogP contribution in [0.5, 0.6) is 0 Å². The maximum Gasteiger partial charge on any atom is 0.421 e. The molecule has 2 aromatic carbocycles. The summed E-state index contributed by atoms with van der Waals surface area (Å²) in [7, 11) is 0. The lowest BCUT2D eigenvalue weighted by Crippen LogP contribution is -2.12. The first kappa shape index (κ1) is 18.7. The van der Waals surface area contributed by atoms with Gasteiger partial charge in [0.1, 0.15) is 11.4 Å². The SMILES string of the molecule is CCc1ccc(Nc2ncc(C(F)(F)F)c(Nc3ccc(C)cc3)n2)cc1. The van der Waals surface area contributed by atoms with Crippen molar-refractivity contribution in [1.29, 1.82) is 0 Å². The van der Waals surface area contributed by atoms with E-state index in [4.69, 9.17) is 0 Å². The lowest BCUT2D eigenvalue weighted by Gasteiger charge is -2.15. The minimum atomic E-state index is -4.56. The van der Waals surface area contributed by atoms with Crippen molar-refractivity contribution in [2.75, 3.05) is 10.6 Å². The zero-order chi connectivity index (χ0) is 19.4. The smallest absolute Gasteiger partial charge is 0.340 e. The van der Waals surface area contributed by atoms with Gasteiger partial charge in [-0.1, -0.05) is 36.8 Å². The minimum Gasteiger partial charge on any atom is -0.340 e. The number of aromatic nitrogens is 2. The fourth-order valence-corrected chi connectivity index (χ4v) is 2.47. The Labute approximate surface area is 155 Å². The third kappa shape index (κ3) is 4.75. The summed E-state index contributed by atoms with van der Waals surface area (Å²) in [6.07, 6.45) is -2.87. The van der Waals surface area contributed by atoms with Gasteiger partial charge >= 0.3 is 6.18 Å². The molecule has 7 heteroatoms. The number of hydrogen-bond acceptors (Lipinski definition) is 4. The second-order valence-corrected chi connectivity index (χ2v) is 6.12. The molecule has 140 valence electrons. The number of nitrogens with zero attached hydrogens (tertiary/aromatic N) is 2. The quantitative estimate of drug-likeness (QED) is 0.589. The van der Waals surface area contributed by atoms with Crippen molar-refractivity contribution in [3.05, 3.63) is 71.4 Å². The predicted octanol–water partition coefficient (Wildman–Crippen LogP) is 5.85. The van der Waals surface area contributed by atoms with Crippen LogP contribution in [0.25, 0.3) is 0 Å². The first-order valence-corrected chi connectivity index (χ1v) is 8.49. The molecule has 0 aliphatic heterocycles. The third-order valence-corrected chi connectivity index (χ3v) is 4.03. The van der Waals surface area contributed by atoms with Crippen LogP contribution < -0.4 is 10.6 Å². The second kappa shape index (κ2) is 7.65. The molecule has 0 amide bonds. The van der Waals surface area contributed by atoms with Crippen molar-refractivity contribution in [2.45, 2.75) is 26.4 Å². The number of aryl methyl sites for hydroxylation is 2. The van der Waals surface area contributed by atoms with E-state index in [2.05, 4.69) is 20.6 Å². The van der Waals surface area contributed by atoms with E-state index in [9.17, 15) is 13.2 Å². The zero-order valence-corrected chi connectivity index (χ0v) is 14.9. The molecule has 27 heavy (non-hydrogen) atoms. The van der Waals surface area contributed by atoms with E-state index in [1.54, 1.807) is 12.1 Å². The van der Waals surface area contributed by atoms with Crippen molar-refractivity contribution in [3.63, 3.8) is 0 Å². The van der Waals surface area contributed by atoms with Gasteiger partial charge in [-0.15, -0.1) is 0 Å². The highest BCUT2D eigenvalue weighted by molar-refractivity contribution is 5.63. The first-order valence-electron chi connectivity index (χ1n) is 8.49. The number of benzene rings is 2. The molecule has 0 bridgehead atoms. The topological polar surface area (TPSA) is 49.8 Å². The van der Waals surface area contributed by atoms with Gasteiger partial charge in [-0.05, 0) is 43.2 Å². The molecule has 0 saturated carbocycles. The van der Waals surface area contributed by atoms with Gasteiger partial charge in [0.05, 0.1) is 0 Å². The molecule has 0 fully saturated rings. The molecule has 1 heterocycles. The maximum atomic E-state index is 13.3. The number of alkyl halides is 3. The van der Waals surface area contributed by atoms with Crippen molar-refractivity contribution in [3.8, 4) is 0 Å². The molecule has 3 rings (SSSR count). The van der Waals surface area contributed by atoms with E-state index in [1.807, 2.05) is 50.2 Å². The summed E-state index contributed by atoms with van der Waals surface area (Å²) < 4.78 is 40.0. The van der Waals surface area contributed by atoms with Gasteiger partial charge in [-0.3, -0.25) is 0 Å². The molecule has 0 aliphatic rings. The number of halogens is 3. The largest absolute Gasteiger partial charge is 0.421 e. The van der Waals surface area contributed by atoms with Gasteiger partial charge in [0.2, 0.25) is 5.95 Å². The van der Waals surface area contributed by atoms with Crippen LogP contribution in [0, 0.1) is 6.92 Å². The molecule has 1 aromatic heterocycles. The summed E-state index contributed by atoms with van der Waals surface area (Å²) in [5, 5.41) is 5.68. The van der Waals surface area contributed by atoms with E-state index in [1.165, 1.54) is 0 Å². The van der Waals surface area contributed by atoms with Crippen LogP contribution in [-0.4, -0.2) is 9.97 Å². The normalized spacial score (nSPS) is 11.3. The van der Waals surface area contributed by atoms with Crippen LogP contribution in [0.3, 0.4) is 0 Å². The Morgan fingerprint density at radius 3 is 2.07 bits per heavy atom. The summed E-state index contributed by atoms with van der Waals surface area (Å²) in [5.41, 5.74) is 2.47. The Morgan fingerprint density at radius 2 is 1.48 bits per heavy atom. The summed E-state index contributed by atoms with van der Waals surface area (Å²) in [4.78, 5) is 7.86. The van der Waals surface area contributed by atoms with Gasteiger partial charge < -0.3 is 10.6 Å². The summed E-state index contributed by atoms with van der Waals surface area (Å²) in [6, 6.07) is 14.6. The molecule has 2 N–H and O–H groups in total. The van der Waals surface area contributed by atoms with Crippen LogP contribution in [0.4, 0.5) is 36.3 Å². The standard InChI is InChI=1S/C20H19F3N4/c1-3-14-6-10-16(11-7-14)26-19-24-12-17(20(21,22)23)18(27-19)25-15-8-4-13(2)5-9-15/h4-12H,3H2,1-2H3,(H2,24,25,26,27). The van der Waals surface area contributed by atoms with Crippen molar-refractivity contribution >= 4 is 23.1 Å². The van der Waals surface area contributed by atoms with Gasteiger partial charge in [0.15, 0.2) is 0 Å². The number of hydrogen-bond donors (Lipinski definition) is 2. The first-order chi connectivity index (χ1) is 12.8. The highest BCUT2D eigenvalue weighted by Gasteiger charge is 2.35. The monoisotopic (exact) mass is 372 g/mol. The summed E-state index contributed by atoms with van der Waals surface area (Å²) >= 11 is 0. The molecule has 0 unspecified atom stereocenters. The second-order valence-electron chi connectivity index (χ2n) is 6.12. The fraction of sp³-hybridized carbons (Fsp3) is 0.200. The van der Waals surface area contributed by atoms with E-state index in [-0.39, 0.29) is 11.8 Å². The number of anilines is 4.